The number of carboxylic acids is 1. The Kier molecular flexibility index (Phi) is 7.62. The van der Waals surface area contributed by atoms with Gasteiger partial charge in [0.05, 0.1) is 6.42 Å². The van der Waals surface area contributed by atoms with E-state index in [9.17, 15) is 9.59 Å². The predicted octanol–water partition coefficient (Wildman–Crippen LogP) is 0.472. The Morgan fingerprint density at radius 1 is 1.13 bits per heavy atom. The fraction of sp³-hybridized carbons (Fsp3) is 0.800. The molecule has 0 spiro atoms. The molecule has 0 aromatic carbocycles. The summed E-state index contributed by atoms with van der Waals surface area (Å²) in [4.78, 5) is 21.3. The van der Waals surface area contributed by atoms with E-state index < -0.39 is 17.8 Å². The third kappa shape index (κ3) is 7.93. The van der Waals surface area contributed by atoms with Crippen LogP contribution in [0, 0.1) is 5.92 Å². The summed E-state index contributed by atoms with van der Waals surface area (Å²) >= 11 is 0. The lowest BCUT2D eigenvalue weighted by molar-refractivity contribution is -0.140. The molecule has 1 amide bonds. The van der Waals surface area contributed by atoms with Crippen LogP contribution >= 0.6 is 0 Å². The van der Waals surface area contributed by atoms with E-state index in [0.717, 1.165) is 25.7 Å². The smallest absolute Gasteiger partial charge is 0.304 e. The summed E-state index contributed by atoms with van der Waals surface area (Å²) in [7, 11) is 0. The molecule has 0 saturated heterocycles. The first-order valence-corrected chi connectivity index (χ1v) is 5.29. The van der Waals surface area contributed by atoms with Crippen LogP contribution in [0.3, 0.4) is 0 Å². The van der Waals surface area contributed by atoms with E-state index in [2.05, 4.69) is 0 Å². The number of rotatable bonds is 9. The summed E-state index contributed by atoms with van der Waals surface area (Å²) in [5.41, 5.74) is 10.4. The summed E-state index contributed by atoms with van der Waals surface area (Å²) in [6.07, 6.45) is 4.20. The second-order valence-electron chi connectivity index (χ2n) is 3.69. The molecule has 0 radical (unpaired) electrons. The van der Waals surface area contributed by atoms with Crippen molar-refractivity contribution in [3.63, 3.8) is 0 Å². The summed E-state index contributed by atoms with van der Waals surface area (Å²) in [5, 5.41) is 8.55. The third-order valence-corrected chi connectivity index (χ3v) is 2.33. The van der Waals surface area contributed by atoms with Crippen molar-refractivity contribution in [1.29, 1.82) is 0 Å². The average molecular weight is 216 g/mol. The van der Waals surface area contributed by atoms with Crippen molar-refractivity contribution >= 4 is 11.9 Å². The zero-order chi connectivity index (χ0) is 11.7. The number of primary amides is 1. The quantitative estimate of drug-likeness (QED) is 0.487. The number of hydrogen-bond acceptors (Lipinski definition) is 3. The lowest BCUT2D eigenvalue weighted by Gasteiger charge is -2.09. The molecule has 5 heteroatoms. The number of carbonyl (C=O) groups excluding carboxylic acids is 1. The highest BCUT2D eigenvalue weighted by molar-refractivity contribution is 5.81. The molecule has 1 unspecified atom stereocenters. The highest BCUT2D eigenvalue weighted by Crippen LogP contribution is 2.14. The molecule has 0 fully saturated rings. The van der Waals surface area contributed by atoms with Crippen molar-refractivity contribution in [2.24, 2.45) is 17.4 Å². The molecular formula is C10H20N2O3. The highest BCUT2D eigenvalue weighted by Gasteiger charge is 2.18. The zero-order valence-electron chi connectivity index (χ0n) is 8.95. The first kappa shape index (κ1) is 13.9. The maximum atomic E-state index is 10.9. The summed E-state index contributed by atoms with van der Waals surface area (Å²) in [5.74, 6) is -2.02. The summed E-state index contributed by atoms with van der Waals surface area (Å²) in [6, 6.07) is 0. The molecule has 0 heterocycles. The largest absolute Gasteiger partial charge is 0.481 e. The maximum Gasteiger partial charge on any atom is 0.304 e. The minimum Gasteiger partial charge on any atom is -0.481 e. The number of nitrogens with two attached hydrogens (primary N) is 2. The number of carbonyl (C=O) groups is 2. The van der Waals surface area contributed by atoms with Crippen molar-refractivity contribution in [1.82, 2.24) is 0 Å². The van der Waals surface area contributed by atoms with Gasteiger partial charge in [-0.05, 0) is 19.4 Å². The average Bonchev–Trinajstić information content (AvgIpc) is 2.15. The van der Waals surface area contributed by atoms with E-state index in [4.69, 9.17) is 16.6 Å². The van der Waals surface area contributed by atoms with Crippen LogP contribution in [0.15, 0.2) is 0 Å². The van der Waals surface area contributed by atoms with E-state index in [-0.39, 0.29) is 6.42 Å². The molecule has 15 heavy (non-hydrogen) atoms. The molecule has 1 atom stereocenters. The van der Waals surface area contributed by atoms with Crippen LogP contribution in [0.5, 0.6) is 0 Å². The molecule has 0 aromatic rings. The Balaban J connectivity index is 3.67. The molecule has 0 aliphatic heterocycles. The van der Waals surface area contributed by atoms with Gasteiger partial charge in [-0.2, -0.15) is 0 Å². The van der Waals surface area contributed by atoms with Crippen LogP contribution in [0.25, 0.3) is 0 Å². The van der Waals surface area contributed by atoms with Crippen molar-refractivity contribution in [3.05, 3.63) is 0 Å². The van der Waals surface area contributed by atoms with Crippen LogP contribution in [-0.4, -0.2) is 23.5 Å². The standard InChI is InChI=1S/C10H20N2O3/c11-6-4-2-1-3-5-8(10(12)15)7-9(13)14/h8H,1-7,11H2,(H2,12,15)(H,13,14). The van der Waals surface area contributed by atoms with E-state index in [1.54, 1.807) is 0 Å². The minimum absolute atomic E-state index is 0.160. The van der Waals surface area contributed by atoms with Crippen LogP contribution in [0.2, 0.25) is 0 Å². The molecule has 0 saturated carbocycles. The van der Waals surface area contributed by atoms with Gasteiger partial charge >= 0.3 is 5.97 Å². The molecule has 0 aliphatic carbocycles. The zero-order valence-corrected chi connectivity index (χ0v) is 8.95. The van der Waals surface area contributed by atoms with Crippen molar-refractivity contribution in [2.75, 3.05) is 6.54 Å². The number of aliphatic carboxylic acids is 1. The number of hydrogen-bond donors (Lipinski definition) is 3. The van der Waals surface area contributed by atoms with Gasteiger partial charge < -0.3 is 16.6 Å². The van der Waals surface area contributed by atoms with Crippen LogP contribution < -0.4 is 11.5 Å². The van der Waals surface area contributed by atoms with Gasteiger partial charge in [-0.1, -0.05) is 19.3 Å². The van der Waals surface area contributed by atoms with E-state index in [0.29, 0.717) is 13.0 Å². The lowest BCUT2D eigenvalue weighted by atomic mass is 9.97. The topological polar surface area (TPSA) is 106 Å². The molecule has 0 bridgehead atoms. The van der Waals surface area contributed by atoms with Crippen LogP contribution in [0.1, 0.15) is 38.5 Å². The molecule has 0 aliphatic rings. The Morgan fingerprint density at radius 3 is 2.20 bits per heavy atom. The first-order chi connectivity index (χ1) is 7.07. The first-order valence-electron chi connectivity index (χ1n) is 5.29. The van der Waals surface area contributed by atoms with Crippen LogP contribution in [-0.2, 0) is 9.59 Å². The van der Waals surface area contributed by atoms with Gasteiger partial charge in [0.1, 0.15) is 0 Å². The van der Waals surface area contributed by atoms with Gasteiger partial charge in [-0.25, -0.2) is 0 Å². The normalized spacial score (nSPS) is 12.3. The number of amides is 1. The lowest BCUT2D eigenvalue weighted by Crippen LogP contribution is -2.25. The summed E-state index contributed by atoms with van der Waals surface area (Å²) < 4.78 is 0. The fourth-order valence-corrected chi connectivity index (χ4v) is 1.44. The molecule has 0 aromatic heterocycles. The highest BCUT2D eigenvalue weighted by atomic mass is 16.4. The Bertz CT molecular complexity index is 207. The predicted molar refractivity (Wildman–Crippen MR) is 57.1 cm³/mol. The van der Waals surface area contributed by atoms with Crippen molar-refractivity contribution in [2.45, 2.75) is 38.5 Å². The van der Waals surface area contributed by atoms with Crippen molar-refractivity contribution < 1.29 is 14.7 Å². The summed E-state index contributed by atoms with van der Waals surface area (Å²) in [6.45, 7) is 0.675. The second kappa shape index (κ2) is 8.23. The molecular weight excluding hydrogens is 196 g/mol. The van der Waals surface area contributed by atoms with Crippen molar-refractivity contribution in [3.8, 4) is 0 Å². The molecule has 0 rings (SSSR count). The third-order valence-electron chi connectivity index (χ3n) is 2.33. The van der Waals surface area contributed by atoms with E-state index in [1.807, 2.05) is 0 Å². The minimum atomic E-state index is -0.972. The van der Waals surface area contributed by atoms with Gasteiger partial charge in [0, 0.05) is 5.92 Å². The van der Waals surface area contributed by atoms with Gasteiger partial charge in [0.15, 0.2) is 0 Å². The van der Waals surface area contributed by atoms with Gasteiger partial charge in [-0.3, -0.25) is 9.59 Å². The van der Waals surface area contributed by atoms with E-state index in [1.165, 1.54) is 0 Å². The number of unbranched alkanes of at least 4 members (excludes halogenated alkanes) is 3. The van der Waals surface area contributed by atoms with E-state index >= 15 is 0 Å². The Morgan fingerprint density at radius 2 is 1.73 bits per heavy atom. The van der Waals surface area contributed by atoms with Gasteiger partial charge in [-0.15, -0.1) is 0 Å². The SMILES string of the molecule is NCCCCCCC(CC(=O)O)C(N)=O. The maximum absolute atomic E-state index is 10.9. The van der Waals surface area contributed by atoms with Gasteiger partial charge in [0.2, 0.25) is 5.91 Å². The second-order valence-corrected chi connectivity index (χ2v) is 3.69. The molecule has 88 valence electrons. The Hall–Kier alpha value is -1.10. The monoisotopic (exact) mass is 216 g/mol. The molecule has 5 nitrogen and oxygen atoms in total. The molecule has 5 N–H and O–H groups in total. The Labute approximate surface area is 89.8 Å². The van der Waals surface area contributed by atoms with Gasteiger partial charge in [0.25, 0.3) is 0 Å². The fourth-order valence-electron chi connectivity index (χ4n) is 1.44. The number of carboxylic acid groups (broad SMARTS) is 1. The van der Waals surface area contributed by atoms with Crippen LogP contribution in [0.4, 0.5) is 0 Å².